The van der Waals surface area contributed by atoms with Crippen LogP contribution >= 0.6 is 0 Å². The number of nitrogens with zero attached hydrogens (tertiary/aromatic N) is 1. The second kappa shape index (κ2) is 9.75. The number of carbonyl (C=O) groups is 2. The molecule has 1 aromatic heterocycles. The van der Waals surface area contributed by atoms with E-state index >= 15 is 0 Å². The molecule has 6 nitrogen and oxygen atoms in total. The fourth-order valence-electron chi connectivity index (χ4n) is 3.63. The number of para-hydroxylation sites is 1. The number of aromatic amines is 1. The van der Waals surface area contributed by atoms with Gasteiger partial charge in [-0.2, -0.15) is 5.10 Å². The second-order valence-electron chi connectivity index (χ2n) is 7.51. The molecular weight excluding hydrogens is 400 g/mol. The lowest BCUT2D eigenvalue weighted by Gasteiger charge is -2.18. The number of aromatic nitrogens is 1. The van der Waals surface area contributed by atoms with E-state index < -0.39 is 6.04 Å². The Morgan fingerprint density at radius 1 is 0.938 bits per heavy atom. The molecular formula is C26H24N4O2. The van der Waals surface area contributed by atoms with Crippen LogP contribution in [0.25, 0.3) is 10.9 Å². The molecule has 3 aromatic carbocycles. The van der Waals surface area contributed by atoms with Crippen molar-refractivity contribution < 1.29 is 9.59 Å². The molecule has 160 valence electrons. The highest BCUT2D eigenvalue weighted by molar-refractivity contribution is 6.01. The van der Waals surface area contributed by atoms with Crippen molar-refractivity contribution in [2.24, 2.45) is 5.10 Å². The van der Waals surface area contributed by atoms with Crippen molar-refractivity contribution in [1.29, 1.82) is 0 Å². The molecule has 0 bridgehead atoms. The van der Waals surface area contributed by atoms with Crippen molar-refractivity contribution in [1.82, 2.24) is 15.7 Å². The van der Waals surface area contributed by atoms with Crippen molar-refractivity contribution in [3.05, 3.63) is 107 Å². The lowest BCUT2D eigenvalue weighted by atomic mass is 10.0. The molecule has 4 aromatic rings. The van der Waals surface area contributed by atoms with Gasteiger partial charge in [0.2, 0.25) is 5.91 Å². The van der Waals surface area contributed by atoms with E-state index in [1.54, 1.807) is 30.5 Å². The van der Waals surface area contributed by atoms with E-state index in [4.69, 9.17) is 0 Å². The first-order chi connectivity index (χ1) is 15.6. The number of rotatable bonds is 7. The summed E-state index contributed by atoms with van der Waals surface area (Å²) in [6.07, 6.45) is 1.71. The van der Waals surface area contributed by atoms with E-state index in [1.165, 1.54) is 0 Å². The van der Waals surface area contributed by atoms with Crippen LogP contribution in [0.2, 0.25) is 0 Å². The van der Waals surface area contributed by atoms with Crippen LogP contribution in [0.3, 0.4) is 0 Å². The van der Waals surface area contributed by atoms with Gasteiger partial charge in [0.25, 0.3) is 5.91 Å². The first-order valence-electron chi connectivity index (χ1n) is 10.4. The molecule has 0 saturated heterocycles. The number of carbonyl (C=O) groups excluding carboxylic acids is 2. The average Bonchev–Trinajstić information content (AvgIpc) is 3.15. The number of amides is 2. The summed E-state index contributed by atoms with van der Waals surface area (Å²) in [4.78, 5) is 28.6. The Morgan fingerprint density at radius 3 is 2.34 bits per heavy atom. The zero-order chi connectivity index (χ0) is 22.3. The Balaban J connectivity index is 1.46. The largest absolute Gasteiger partial charge is 0.358 e. The molecule has 0 fully saturated rings. The molecule has 1 heterocycles. The van der Waals surface area contributed by atoms with Gasteiger partial charge in [0.05, 0.1) is 18.7 Å². The third kappa shape index (κ3) is 4.92. The summed E-state index contributed by atoms with van der Waals surface area (Å²) in [6, 6.07) is 25.8. The smallest absolute Gasteiger partial charge is 0.251 e. The molecule has 4 rings (SSSR count). The van der Waals surface area contributed by atoms with Crippen LogP contribution in [0, 0.1) is 6.92 Å². The highest BCUT2D eigenvalue weighted by Crippen LogP contribution is 2.20. The summed E-state index contributed by atoms with van der Waals surface area (Å²) in [6.45, 7) is 1.97. The van der Waals surface area contributed by atoms with Gasteiger partial charge >= 0.3 is 0 Å². The Bertz CT molecular complexity index is 1250. The summed E-state index contributed by atoms with van der Waals surface area (Å²) < 4.78 is 0. The van der Waals surface area contributed by atoms with Crippen molar-refractivity contribution >= 4 is 28.9 Å². The van der Waals surface area contributed by atoms with Crippen molar-refractivity contribution in [2.45, 2.75) is 19.4 Å². The third-order valence-corrected chi connectivity index (χ3v) is 5.26. The van der Waals surface area contributed by atoms with E-state index in [0.717, 1.165) is 27.7 Å². The maximum atomic E-state index is 12.7. The summed E-state index contributed by atoms with van der Waals surface area (Å²) in [5.74, 6) is -0.522. The van der Waals surface area contributed by atoms with Crippen molar-refractivity contribution in [3.63, 3.8) is 0 Å². The highest BCUT2D eigenvalue weighted by atomic mass is 16.2. The first-order valence-corrected chi connectivity index (χ1v) is 10.4. The number of hydrogen-bond acceptors (Lipinski definition) is 3. The monoisotopic (exact) mass is 424 g/mol. The molecule has 0 spiro atoms. The van der Waals surface area contributed by atoms with Gasteiger partial charge in [-0.1, -0.05) is 66.7 Å². The van der Waals surface area contributed by atoms with E-state index in [2.05, 4.69) is 20.8 Å². The molecule has 0 aliphatic carbocycles. The second-order valence-corrected chi connectivity index (χ2v) is 7.51. The average molecular weight is 425 g/mol. The van der Waals surface area contributed by atoms with Gasteiger partial charge in [-0.3, -0.25) is 9.59 Å². The molecule has 0 saturated carbocycles. The molecule has 1 atom stereocenters. The summed E-state index contributed by atoms with van der Waals surface area (Å²) >= 11 is 0. The zero-order valence-electron chi connectivity index (χ0n) is 17.7. The zero-order valence-corrected chi connectivity index (χ0v) is 17.7. The minimum Gasteiger partial charge on any atom is -0.358 e. The summed E-state index contributed by atoms with van der Waals surface area (Å²) in [5.41, 5.74) is 6.91. The number of nitrogens with one attached hydrogen (secondary N) is 3. The number of fused-ring (bicyclic) bond motifs is 1. The molecule has 6 heteroatoms. The van der Waals surface area contributed by atoms with Gasteiger partial charge in [-0.05, 0) is 30.7 Å². The quantitative estimate of drug-likeness (QED) is 0.302. The van der Waals surface area contributed by atoms with Crippen LogP contribution in [0.15, 0.2) is 90.0 Å². The third-order valence-electron chi connectivity index (χ3n) is 5.26. The van der Waals surface area contributed by atoms with Crippen LogP contribution in [0.1, 0.15) is 39.6 Å². The van der Waals surface area contributed by atoms with Crippen LogP contribution in [0.5, 0.6) is 0 Å². The SMILES string of the molecule is Cc1[nH]c2ccccc2c1/C=N\NC(=O)C[C@H](NC(=O)c1ccccc1)c1ccccc1. The Morgan fingerprint density at radius 2 is 1.59 bits per heavy atom. The Labute approximate surface area is 186 Å². The fourth-order valence-corrected chi connectivity index (χ4v) is 3.63. The van der Waals surface area contributed by atoms with Gasteiger partial charge in [-0.15, -0.1) is 0 Å². The lowest BCUT2D eigenvalue weighted by molar-refractivity contribution is -0.121. The lowest BCUT2D eigenvalue weighted by Crippen LogP contribution is -2.32. The van der Waals surface area contributed by atoms with Gasteiger partial charge in [0.1, 0.15) is 0 Å². The molecule has 0 aliphatic heterocycles. The summed E-state index contributed by atoms with van der Waals surface area (Å²) in [5, 5.41) is 8.15. The van der Waals surface area contributed by atoms with Crippen molar-refractivity contribution in [2.75, 3.05) is 0 Å². The minimum atomic E-state index is -0.478. The summed E-state index contributed by atoms with van der Waals surface area (Å²) in [7, 11) is 0. The topological polar surface area (TPSA) is 86.3 Å². The van der Waals surface area contributed by atoms with Crippen LogP contribution in [-0.2, 0) is 4.79 Å². The Kier molecular flexibility index (Phi) is 6.41. The standard InChI is InChI=1S/C26H24N4O2/c1-18-22(21-14-8-9-15-23(21)28-18)17-27-30-25(31)16-24(19-10-4-2-5-11-19)29-26(32)20-12-6-3-7-13-20/h2-15,17,24,28H,16H2,1H3,(H,29,32)(H,30,31)/b27-17-/t24-/m0/s1. The first kappa shape index (κ1) is 21.1. The predicted octanol–water partition coefficient (Wildman–Crippen LogP) is 4.49. The predicted molar refractivity (Wildman–Crippen MR) is 126 cm³/mol. The number of hydrogen-bond donors (Lipinski definition) is 3. The van der Waals surface area contributed by atoms with Crippen LogP contribution in [-0.4, -0.2) is 23.0 Å². The van der Waals surface area contributed by atoms with Crippen LogP contribution < -0.4 is 10.7 Å². The van der Waals surface area contributed by atoms with Gasteiger partial charge in [0, 0.05) is 27.7 Å². The Hall–Kier alpha value is -4.19. The van der Waals surface area contributed by atoms with E-state index in [-0.39, 0.29) is 18.2 Å². The number of benzene rings is 3. The molecule has 0 radical (unpaired) electrons. The van der Waals surface area contributed by atoms with Gasteiger partial charge in [-0.25, -0.2) is 5.43 Å². The van der Waals surface area contributed by atoms with E-state index in [1.807, 2.05) is 67.6 Å². The molecule has 32 heavy (non-hydrogen) atoms. The molecule has 3 N–H and O–H groups in total. The van der Waals surface area contributed by atoms with Gasteiger partial charge in [0.15, 0.2) is 0 Å². The van der Waals surface area contributed by atoms with E-state index in [0.29, 0.717) is 5.56 Å². The normalized spacial score (nSPS) is 12.0. The number of hydrazone groups is 1. The van der Waals surface area contributed by atoms with Crippen LogP contribution in [0.4, 0.5) is 0 Å². The molecule has 2 amide bonds. The van der Waals surface area contributed by atoms with Crippen molar-refractivity contribution in [3.8, 4) is 0 Å². The highest BCUT2D eigenvalue weighted by Gasteiger charge is 2.19. The minimum absolute atomic E-state index is 0.0623. The molecule has 0 unspecified atom stereocenters. The maximum absolute atomic E-state index is 12.7. The number of H-pyrrole nitrogens is 1. The molecule has 0 aliphatic rings. The number of aryl methyl sites for hydroxylation is 1. The van der Waals surface area contributed by atoms with Gasteiger partial charge < -0.3 is 10.3 Å². The van der Waals surface area contributed by atoms with E-state index in [9.17, 15) is 9.59 Å². The maximum Gasteiger partial charge on any atom is 0.251 e. The fraction of sp³-hybridized carbons (Fsp3) is 0.115.